The zero-order valence-corrected chi connectivity index (χ0v) is 26.9. The van der Waals surface area contributed by atoms with Crippen LogP contribution in [0.1, 0.15) is 11.1 Å². The van der Waals surface area contributed by atoms with Gasteiger partial charge in [-0.3, -0.25) is 9.59 Å². The van der Waals surface area contributed by atoms with E-state index >= 15 is 0 Å². The molecule has 0 saturated carbocycles. The highest BCUT2D eigenvalue weighted by atomic mass is 16.5. The van der Waals surface area contributed by atoms with E-state index < -0.39 is 0 Å². The summed E-state index contributed by atoms with van der Waals surface area (Å²) < 4.78 is 38.0. The smallest absolute Gasteiger partial charge is 0.248 e. The first-order chi connectivity index (χ1) is 22.8. The lowest BCUT2D eigenvalue weighted by molar-refractivity contribution is -0.112. The molecule has 0 radical (unpaired) electrons. The van der Waals surface area contributed by atoms with Crippen molar-refractivity contribution >= 4 is 35.3 Å². The Bertz CT molecular complexity index is 1570. The van der Waals surface area contributed by atoms with Crippen molar-refractivity contribution in [1.29, 1.82) is 0 Å². The van der Waals surface area contributed by atoms with Crippen molar-refractivity contribution in [3.05, 3.63) is 96.1 Å². The fraction of sp³-hybridized carbons (Fsp3) is 0.167. The number of hydrogen-bond acceptors (Lipinski definition) is 9. The molecule has 0 unspecified atom stereocenters. The van der Waals surface area contributed by atoms with Crippen LogP contribution < -0.4 is 43.8 Å². The van der Waals surface area contributed by atoms with Crippen molar-refractivity contribution in [3.8, 4) is 46.0 Å². The molecular formula is C36H36N2O9. The highest BCUT2D eigenvalue weighted by Crippen LogP contribution is 2.39. The Morgan fingerprint density at radius 3 is 1.09 bits per heavy atom. The number of carbonyl (C=O) groups excluding carboxylic acids is 2. The molecule has 0 fully saturated rings. The van der Waals surface area contributed by atoms with Crippen LogP contribution in [0.5, 0.6) is 46.0 Å². The number of amides is 2. The summed E-state index contributed by atoms with van der Waals surface area (Å²) in [4.78, 5) is 25.1. The van der Waals surface area contributed by atoms with E-state index in [0.717, 1.165) is 0 Å². The number of carbonyl (C=O) groups is 2. The summed E-state index contributed by atoms with van der Waals surface area (Å²) in [7, 11) is 9.17. The third-order valence-electron chi connectivity index (χ3n) is 6.71. The van der Waals surface area contributed by atoms with Crippen LogP contribution in [0.15, 0.2) is 84.9 Å². The topological polar surface area (TPSA) is 123 Å². The number of hydrogen-bond donors (Lipinski definition) is 2. The van der Waals surface area contributed by atoms with Gasteiger partial charge in [0.05, 0.1) is 42.7 Å². The average Bonchev–Trinajstić information content (AvgIpc) is 3.10. The maximum absolute atomic E-state index is 12.5. The molecule has 0 bridgehead atoms. The maximum atomic E-state index is 12.5. The minimum absolute atomic E-state index is 0.316. The van der Waals surface area contributed by atoms with Crippen LogP contribution in [0, 0.1) is 0 Å². The molecule has 4 aromatic carbocycles. The quantitative estimate of drug-likeness (QED) is 0.143. The monoisotopic (exact) mass is 640 g/mol. The second-order valence-electron chi connectivity index (χ2n) is 9.71. The lowest BCUT2D eigenvalue weighted by Gasteiger charge is -2.12. The summed E-state index contributed by atoms with van der Waals surface area (Å²) in [5.74, 6) is 3.41. The van der Waals surface area contributed by atoms with E-state index in [2.05, 4.69) is 10.6 Å². The van der Waals surface area contributed by atoms with Gasteiger partial charge >= 0.3 is 0 Å². The third kappa shape index (κ3) is 8.98. The summed E-state index contributed by atoms with van der Waals surface area (Å²) in [5.41, 5.74) is 2.59. The number of ether oxygens (including phenoxy) is 7. The van der Waals surface area contributed by atoms with Crippen LogP contribution in [0.4, 0.5) is 11.4 Å². The molecule has 4 rings (SSSR count). The largest absolute Gasteiger partial charge is 0.493 e. The van der Waals surface area contributed by atoms with Gasteiger partial charge in [0.15, 0.2) is 23.0 Å². The van der Waals surface area contributed by atoms with Crippen molar-refractivity contribution in [3.63, 3.8) is 0 Å². The van der Waals surface area contributed by atoms with Crippen LogP contribution >= 0.6 is 0 Å². The van der Waals surface area contributed by atoms with Crippen molar-refractivity contribution in [2.45, 2.75) is 0 Å². The third-order valence-corrected chi connectivity index (χ3v) is 6.71. The molecule has 0 aliphatic rings. The van der Waals surface area contributed by atoms with Gasteiger partial charge in [-0.2, -0.15) is 0 Å². The van der Waals surface area contributed by atoms with Crippen LogP contribution in [0.25, 0.3) is 12.2 Å². The van der Waals surface area contributed by atoms with Gasteiger partial charge < -0.3 is 43.8 Å². The standard InChI is InChI=1S/C36H36N2O9/c1-41-29-19-23(20-30(42-2)35(29)45-5)7-17-33(39)37-25-9-13-27(14-10-25)47-28-15-11-26(12-16-28)38-34(40)18-8-24-21-31(43-3)36(46-6)32(22-24)44-4/h7-22H,1-6H3,(H,37,39)(H,38,40)/b17-7+,18-8+. The number of nitrogens with one attached hydrogen (secondary N) is 2. The van der Waals surface area contributed by atoms with Crippen molar-refractivity contribution in [2.75, 3.05) is 53.3 Å². The molecule has 2 N–H and O–H groups in total. The predicted molar refractivity (Wildman–Crippen MR) is 180 cm³/mol. The van der Waals surface area contributed by atoms with Gasteiger partial charge in [-0.15, -0.1) is 0 Å². The second kappa shape index (κ2) is 16.3. The minimum atomic E-state index is -0.316. The first-order valence-corrected chi connectivity index (χ1v) is 14.3. The normalized spacial score (nSPS) is 10.8. The Morgan fingerprint density at radius 1 is 0.489 bits per heavy atom. The highest BCUT2D eigenvalue weighted by molar-refractivity contribution is 6.02. The maximum Gasteiger partial charge on any atom is 0.248 e. The lowest BCUT2D eigenvalue weighted by atomic mass is 10.1. The van der Waals surface area contributed by atoms with Gasteiger partial charge in [-0.25, -0.2) is 0 Å². The molecule has 0 heterocycles. The van der Waals surface area contributed by atoms with Gasteiger partial charge in [0.2, 0.25) is 23.3 Å². The molecule has 0 atom stereocenters. The van der Waals surface area contributed by atoms with Gasteiger partial charge in [0, 0.05) is 23.5 Å². The van der Waals surface area contributed by atoms with Crippen molar-refractivity contribution in [2.24, 2.45) is 0 Å². The predicted octanol–water partition coefficient (Wildman–Crippen LogP) is 6.83. The first-order valence-electron chi connectivity index (χ1n) is 14.3. The summed E-state index contributed by atoms with van der Waals surface area (Å²) in [6.07, 6.45) is 6.12. The molecule has 0 aliphatic carbocycles. The first kappa shape index (κ1) is 33.8. The van der Waals surface area contributed by atoms with Gasteiger partial charge in [0.25, 0.3) is 0 Å². The molecule has 11 nitrogen and oxygen atoms in total. The molecule has 4 aromatic rings. The van der Waals surface area contributed by atoms with Crippen LogP contribution in [-0.4, -0.2) is 54.5 Å². The fourth-order valence-electron chi connectivity index (χ4n) is 4.46. The van der Waals surface area contributed by atoms with E-state index in [4.69, 9.17) is 33.2 Å². The Labute approximate surface area is 273 Å². The van der Waals surface area contributed by atoms with Crippen LogP contribution in [0.2, 0.25) is 0 Å². The number of rotatable bonds is 14. The van der Waals surface area contributed by atoms with E-state index in [9.17, 15) is 9.59 Å². The van der Waals surface area contributed by atoms with Crippen molar-refractivity contribution in [1.82, 2.24) is 0 Å². The second-order valence-corrected chi connectivity index (χ2v) is 9.71. The van der Waals surface area contributed by atoms with Crippen molar-refractivity contribution < 1.29 is 42.7 Å². The van der Waals surface area contributed by atoms with Gasteiger partial charge in [-0.05, 0) is 96.1 Å². The summed E-state index contributed by atoms with van der Waals surface area (Å²) >= 11 is 0. The zero-order chi connectivity index (χ0) is 33.8. The molecule has 11 heteroatoms. The lowest BCUT2D eigenvalue weighted by Crippen LogP contribution is -2.07. The molecule has 0 spiro atoms. The Balaban J connectivity index is 1.30. The highest BCUT2D eigenvalue weighted by Gasteiger charge is 2.13. The van der Waals surface area contributed by atoms with Gasteiger partial charge in [-0.1, -0.05) is 0 Å². The van der Waals surface area contributed by atoms with E-state index in [-0.39, 0.29) is 11.8 Å². The minimum Gasteiger partial charge on any atom is -0.493 e. The van der Waals surface area contributed by atoms with Crippen LogP contribution in [-0.2, 0) is 9.59 Å². The molecule has 0 aromatic heterocycles. The zero-order valence-electron chi connectivity index (χ0n) is 26.9. The Morgan fingerprint density at radius 2 is 0.809 bits per heavy atom. The molecule has 2 amide bonds. The van der Waals surface area contributed by atoms with E-state index in [1.165, 1.54) is 54.8 Å². The number of anilines is 2. The van der Waals surface area contributed by atoms with Crippen LogP contribution in [0.3, 0.4) is 0 Å². The summed E-state index contributed by atoms with van der Waals surface area (Å²) in [6.45, 7) is 0. The Hall–Kier alpha value is -6.10. The molecule has 0 saturated heterocycles. The Kier molecular flexibility index (Phi) is 11.7. The molecule has 244 valence electrons. The van der Waals surface area contributed by atoms with E-state index in [1.807, 2.05) is 0 Å². The van der Waals surface area contributed by atoms with E-state index in [1.54, 1.807) is 84.9 Å². The van der Waals surface area contributed by atoms with E-state index in [0.29, 0.717) is 68.5 Å². The summed E-state index contributed by atoms with van der Waals surface area (Å²) in [6, 6.07) is 20.9. The average molecular weight is 641 g/mol. The number of benzene rings is 4. The SMILES string of the molecule is COc1cc(/C=C/C(=O)Nc2ccc(Oc3ccc(NC(=O)/C=C/c4cc(OC)c(OC)c(OC)c4)cc3)cc2)cc(OC)c1OC. The van der Waals surface area contributed by atoms with Gasteiger partial charge in [0.1, 0.15) is 11.5 Å². The fourth-order valence-corrected chi connectivity index (χ4v) is 4.46. The summed E-state index contributed by atoms with van der Waals surface area (Å²) in [5, 5.41) is 5.63. The molecule has 47 heavy (non-hydrogen) atoms. The molecule has 0 aliphatic heterocycles. The number of methoxy groups -OCH3 is 6. The molecular weight excluding hydrogens is 604 g/mol.